The summed E-state index contributed by atoms with van der Waals surface area (Å²) in [6, 6.07) is 4.03. The van der Waals surface area contributed by atoms with Crippen molar-refractivity contribution < 1.29 is 23.5 Å². The van der Waals surface area contributed by atoms with Gasteiger partial charge in [0.1, 0.15) is 12.4 Å². The number of likely N-dealkylation sites (N-methyl/N-ethyl adjacent to an activating group) is 1. The van der Waals surface area contributed by atoms with Crippen LogP contribution in [0.15, 0.2) is 18.2 Å². The minimum absolute atomic E-state index is 0.209. The highest BCUT2D eigenvalue weighted by molar-refractivity contribution is 6.38. The third kappa shape index (κ3) is 3.24. The molecule has 1 aliphatic heterocycles. The van der Waals surface area contributed by atoms with Gasteiger partial charge in [-0.25, -0.2) is 4.39 Å². The predicted octanol–water partition coefficient (Wildman–Crippen LogP) is 0.925. The molecule has 1 N–H and O–H groups in total. The van der Waals surface area contributed by atoms with E-state index in [9.17, 15) is 18.8 Å². The summed E-state index contributed by atoms with van der Waals surface area (Å²) in [6.07, 6.45) is 0. The van der Waals surface area contributed by atoms with E-state index in [1.54, 1.807) is 6.92 Å². The molecule has 7 heteroatoms. The molecule has 1 aromatic carbocycles. The molecular formula is C15H17FN2O4. The fourth-order valence-electron chi connectivity index (χ4n) is 2.35. The Kier molecular flexibility index (Phi) is 4.75. The first-order valence-corrected chi connectivity index (χ1v) is 6.92. The van der Waals surface area contributed by atoms with Gasteiger partial charge in [-0.3, -0.25) is 14.4 Å². The van der Waals surface area contributed by atoms with Crippen LogP contribution in [0.4, 0.5) is 10.1 Å². The molecule has 1 heterocycles. The van der Waals surface area contributed by atoms with Crippen LogP contribution in [-0.4, -0.2) is 49.3 Å². The highest BCUT2D eigenvalue weighted by Gasteiger charge is 2.34. The van der Waals surface area contributed by atoms with E-state index in [0.29, 0.717) is 11.3 Å². The Morgan fingerprint density at radius 1 is 1.41 bits per heavy atom. The number of anilines is 1. The van der Waals surface area contributed by atoms with E-state index in [4.69, 9.17) is 4.74 Å². The minimum atomic E-state index is -0.767. The van der Waals surface area contributed by atoms with Gasteiger partial charge in [-0.2, -0.15) is 0 Å². The average molecular weight is 308 g/mol. The third-order valence-corrected chi connectivity index (χ3v) is 3.43. The molecule has 0 aliphatic carbocycles. The molecule has 0 radical (unpaired) electrons. The van der Waals surface area contributed by atoms with Crippen molar-refractivity contribution in [3.63, 3.8) is 0 Å². The monoisotopic (exact) mass is 308 g/mol. The second-order valence-corrected chi connectivity index (χ2v) is 5.00. The Morgan fingerprint density at radius 3 is 2.82 bits per heavy atom. The summed E-state index contributed by atoms with van der Waals surface area (Å²) < 4.78 is 17.9. The van der Waals surface area contributed by atoms with Gasteiger partial charge in [-0.05, 0) is 24.6 Å². The van der Waals surface area contributed by atoms with E-state index in [2.05, 4.69) is 5.32 Å². The van der Waals surface area contributed by atoms with Crippen LogP contribution in [0.25, 0.3) is 0 Å². The maximum atomic E-state index is 13.1. The fraction of sp³-hybridized carbons (Fsp3) is 0.400. The summed E-state index contributed by atoms with van der Waals surface area (Å²) in [5.41, 5.74) is 1.10. The first-order valence-electron chi connectivity index (χ1n) is 6.92. The van der Waals surface area contributed by atoms with Gasteiger partial charge in [-0.1, -0.05) is 6.07 Å². The normalized spacial score (nSPS) is 15.7. The summed E-state index contributed by atoms with van der Waals surface area (Å²) in [5, 5.41) is 2.90. The Bertz CT molecular complexity index is 618. The SMILES string of the molecule is CCOC(=O)CN(C)C(=O)C(=O)C1CNc2cc(F)ccc21. The molecule has 22 heavy (non-hydrogen) atoms. The second-order valence-electron chi connectivity index (χ2n) is 5.00. The molecule has 1 atom stereocenters. The van der Waals surface area contributed by atoms with Gasteiger partial charge in [-0.15, -0.1) is 0 Å². The number of amides is 1. The van der Waals surface area contributed by atoms with E-state index in [-0.39, 0.29) is 19.7 Å². The molecule has 1 unspecified atom stereocenters. The van der Waals surface area contributed by atoms with Crippen molar-refractivity contribution in [3.8, 4) is 0 Å². The number of Topliss-reactive ketones (excluding diaryl/α,β-unsaturated/α-hetero) is 1. The van der Waals surface area contributed by atoms with Gasteiger partial charge in [0.25, 0.3) is 5.91 Å². The van der Waals surface area contributed by atoms with Crippen molar-refractivity contribution in [2.45, 2.75) is 12.8 Å². The fourth-order valence-corrected chi connectivity index (χ4v) is 2.35. The number of benzene rings is 1. The van der Waals surface area contributed by atoms with E-state index in [1.165, 1.54) is 25.2 Å². The quantitative estimate of drug-likeness (QED) is 0.647. The largest absolute Gasteiger partial charge is 0.465 e. The molecule has 2 rings (SSSR count). The van der Waals surface area contributed by atoms with Crippen molar-refractivity contribution in [1.29, 1.82) is 0 Å². The zero-order valence-corrected chi connectivity index (χ0v) is 12.4. The zero-order valence-electron chi connectivity index (χ0n) is 12.4. The molecule has 0 spiro atoms. The number of nitrogens with one attached hydrogen (secondary N) is 1. The molecule has 1 aromatic rings. The van der Waals surface area contributed by atoms with Crippen molar-refractivity contribution in [2.75, 3.05) is 32.1 Å². The van der Waals surface area contributed by atoms with Gasteiger partial charge in [0.2, 0.25) is 5.78 Å². The highest BCUT2D eigenvalue weighted by Crippen LogP contribution is 2.32. The van der Waals surface area contributed by atoms with Gasteiger partial charge in [0.15, 0.2) is 0 Å². The topological polar surface area (TPSA) is 75.7 Å². The van der Waals surface area contributed by atoms with Crippen LogP contribution in [0.1, 0.15) is 18.4 Å². The maximum absolute atomic E-state index is 13.1. The number of fused-ring (bicyclic) bond motifs is 1. The van der Waals surface area contributed by atoms with Gasteiger partial charge in [0.05, 0.1) is 12.5 Å². The van der Waals surface area contributed by atoms with Crippen molar-refractivity contribution in [2.24, 2.45) is 0 Å². The van der Waals surface area contributed by atoms with E-state index >= 15 is 0 Å². The van der Waals surface area contributed by atoms with Crippen LogP contribution in [0.2, 0.25) is 0 Å². The van der Waals surface area contributed by atoms with Crippen LogP contribution in [-0.2, 0) is 19.1 Å². The number of hydrogen-bond acceptors (Lipinski definition) is 5. The Hall–Kier alpha value is -2.44. The van der Waals surface area contributed by atoms with Crippen LogP contribution in [0, 0.1) is 5.82 Å². The smallest absolute Gasteiger partial charge is 0.325 e. The number of ketones is 1. The minimum Gasteiger partial charge on any atom is -0.465 e. The number of carbonyl (C=O) groups is 3. The van der Waals surface area contributed by atoms with Crippen LogP contribution in [0.5, 0.6) is 0 Å². The van der Waals surface area contributed by atoms with E-state index in [1.807, 2.05) is 0 Å². The maximum Gasteiger partial charge on any atom is 0.325 e. The average Bonchev–Trinajstić information content (AvgIpc) is 2.88. The van der Waals surface area contributed by atoms with Crippen molar-refractivity contribution >= 4 is 23.3 Å². The molecule has 0 aromatic heterocycles. The first kappa shape index (κ1) is 15.9. The summed E-state index contributed by atoms with van der Waals surface area (Å²) in [6.45, 7) is 1.82. The Balaban J connectivity index is 2.07. The molecule has 1 amide bonds. The number of rotatable bonds is 5. The van der Waals surface area contributed by atoms with Gasteiger partial charge in [0, 0.05) is 19.3 Å². The predicted molar refractivity (Wildman–Crippen MR) is 76.9 cm³/mol. The molecule has 1 aliphatic rings. The summed E-state index contributed by atoms with van der Waals surface area (Å²) in [5.74, 6) is -3.06. The molecular weight excluding hydrogens is 291 g/mol. The summed E-state index contributed by atoms with van der Waals surface area (Å²) in [4.78, 5) is 36.8. The third-order valence-electron chi connectivity index (χ3n) is 3.43. The second kappa shape index (κ2) is 6.55. The van der Waals surface area contributed by atoms with Gasteiger partial charge >= 0.3 is 5.97 Å². The zero-order chi connectivity index (χ0) is 16.3. The van der Waals surface area contributed by atoms with Crippen molar-refractivity contribution in [1.82, 2.24) is 4.90 Å². The Morgan fingerprint density at radius 2 is 2.14 bits per heavy atom. The number of esters is 1. The molecule has 0 bridgehead atoms. The molecule has 0 saturated heterocycles. The number of ether oxygens (including phenoxy) is 1. The number of carbonyl (C=O) groups excluding carboxylic acids is 3. The summed E-state index contributed by atoms with van der Waals surface area (Å²) >= 11 is 0. The van der Waals surface area contributed by atoms with Crippen LogP contribution < -0.4 is 5.32 Å². The standard InChI is InChI=1S/C15H17FN2O4/c1-3-22-13(19)8-18(2)15(21)14(20)11-7-17-12-6-9(16)4-5-10(11)12/h4-6,11,17H,3,7-8H2,1-2H3. The van der Waals surface area contributed by atoms with E-state index in [0.717, 1.165) is 4.90 Å². The lowest BCUT2D eigenvalue weighted by Crippen LogP contribution is -2.40. The lowest BCUT2D eigenvalue weighted by Gasteiger charge is -2.17. The lowest BCUT2D eigenvalue weighted by atomic mass is 9.96. The van der Waals surface area contributed by atoms with Crippen LogP contribution >= 0.6 is 0 Å². The van der Waals surface area contributed by atoms with E-state index < -0.39 is 29.4 Å². The number of halogens is 1. The summed E-state index contributed by atoms with van der Waals surface area (Å²) in [7, 11) is 1.37. The molecule has 0 fully saturated rings. The molecule has 0 saturated carbocycles. The first-order chi connectivity index (χ1) is 10.4. The number of nitrogens with zero attached hydrogens (tertiary/aromatic N) is 1. The van der Waals surface area contributed by atoms with Crippen molar-refractivity contribution in [3.05, 3.63) is 29.6 Å². The molecule has 6 nitrogen and oxygen atoms in total. The van der Waals surface area contributed by atoms with Gasteiger partial charge < -0.3 is 15.0 Å². The molecule has 118 valence electrons. The van der Waals surface area contributed by atoms with Crippen LogP contribution in [0.3, 0.4) is 0 Å². The highest BCUT2D eigenvalue weighted by atomic mass is 19.1. The number of hydrogen-bond donors (Lipinski definition) is 1. The Labute approximate surface area is 127 Å². The lowest BCUT2D eigenvalue weighted by molar-refractivity contribution is -0.151.